The summed E-state index contributed by atoms with van der Waals surface area (Å²) in [5.41, 5.74) is 12.4. The van der Waals surface area contributed by atoms with Crippen LogP contribution in [0.3, 0.4) is 0 Å². The Bertz CT molecular complexity index is 473. The highest BCUT2D eigenvalue weighted by Crippen LogP contribution is 2.44. The van der Waals surface area contributed by atoms with Crippen LogP contribution in [0.15, 0.2) is 12.1 Å². The molecule has 1 fully saturated rings. The van der Waals surface area contributed by atoms with Crippen molar-refractivity contribution in [2.75, 3.05) is 0 Å². The molecule has 1 saturated carbocycles. The van der Waals surface area contributed by atoms with E-state index in [0.29, 0.717) is 6.54 Å². The van der Waals surface area contributed by atoms with Crippen molar-refractivity contribution in [3.05, 3.63) is 34.4 Å². The average molecular weight is 302 g/mol. The smallest absolute Gasteiger partial charge is 0.0178 e. The van der Waals surface area contributed by atoms with E-state index in [1.807, 2.05) is 0 Å². The van der Waals surface area contributed by atoms with Gasteiger partial charge < -0.3 is 5.73 Å². The van der Waals surface area contributed by atoms with Gasteiger partial charge in [0.2, 0.25) is 0 Å². The minimum atomic E-state index is 0.179. The van der Waals surface area contributed by atoms with Gasteiger partial charge in [-0.1, -0.05) is 72.9 Å². The zero-order valence-corrected chi connectivity index (χ0v) is 15.6. The Morgan fingerprint density at radius 3 is 1.68 bits per heavy atom. The van der Waals surface area contributed by atoms with E-state index < -0.39 is 0 Å². The molecular formula is C21H35N. The van der Waals surface area contributed by atoms with Gasteiger partial charge >= 0.3 is 0 Å². The minimum Gasteiger partial charge on any atom is -0.326 e. The van der Waals surface area contributed by atoms with Crippen molar-refractivity contribution >= 4 is 0 Å². The minimum absolute atomic E-state index is 0.179. The molecule has 1 aliphatic rings. The Balaban J connectivity index is 2.69. The first-order valence-electron chi connectivity index (χ1n) is 9.02. The molecule has 0 radical (unpaired) electrons. The van der Waals surface area contributed by atoms with E-state index in [-0.39, 0.29) is 10.8 Å². The highest BCUT2D eigenvalue weighted by atomic mass is 14.5. The van der Waals surface area contributed by atoms with Crippen molar-refractivity contribution in [1.29, 1.82) is 0 Å². The second-order valence-corrected chi connectivity index (χ2v) is 9.14. The van der Waals surface area contributed by atoms with Gasteiger partial charge in [0.15, 0.2) is 0 Å². The van der Waals surface area contributed by atoms with Crippen LogP contribution in [0.4, 0.5) is 0 Å². The third-order valence-corrected chi connectivity index (χ3v) is 5.10. The Hall–Kier alpha value is -0.820. The van der Waals surface area contributed by atoms with E-state index >= 15 is 0 Å². The predicted molar refractivity (Wildman–Crippen MR) is 97.6 cm³/mol. The quantitative estimate of drug-likeness (QED) is 0.735. The van der Waals surface area contributed by atoms with Gasteiger partial charge in [0.05, 0.1) is 0 Å². The topological polar surface area (TPSA) is 26.0 Å². The fourth-order valence-corrected chi connectivity index (χ4v) is 3.90. The normalized spacial score (nSPS) is 17.8. The zero-order valence-electron chi connectivity index (χ0n) is 15.6. The number of nitrogens with two attached hydrogens (primary N) is 1. The fourth-order valence-electron chi connectivity index (χ4n) is 3.90. The van der Waals surface area contributed by atoms with Crippen molar-refractivity contribution in [1.82, 2.24) is 0 Å². The van der Waals surface area contributed by atoms with E-state index in [0.717, 1.165) is 5.92 Å². The summed E-state index contributed by atoms with van der Waals surface area (Å²) in [5.74, 6) is 0.740. The molecule has 0 aliphatic heterocycles. The van der Waals surface area contributed by atoms with Gasteiger partial charge in [0.1, 0.15) is 0 Å². The lowest BCUT2D eigenvalue weighted by Crippen LogP contribution is -2.25. The molecule has 124 valence electrons. The van der Waals surface area contributed by atoms with Crippen LogP contribution in [0.2, 0.25) is 0 Å². The van der Waals surface area contributed by atoms with Gasteiger partial charge in [-0.2, -0.15) is 0 Å². The monoisotopic (exact) mass is 301 g/mol. The van der Waals surface area contributed by atoms with E-state index in [1.165, 1.54) is 48.8 Å². The predicted octanol–water partition coefficient (Wildman–Crippen LogP) is 5.79. The first kappa shape index (κ1) is 17.5. The summed E-state index contributed by atoms with van der Waals surface area (Å²) in [5, 5.41) is 0. The second kappa shape index (κ2) is 6.35. The lowest BCUT2D eigenvalue weighted by Gasteiger charge is -2.36. The van der Waals surface area contributed by atoms with Crippen LogP contribution < -0.4 is 5.73 Å². The molecule has 22 heavy (non-hydrogen) atoms. The van der Waals surface area contributed by atoms with Gasteiger partial charge in [0, 0.05) is 6.54 Å². The summed E-state index contributed by atoms with van der Waals surface area (Å²) >= 11 is 0. The van der Waals surface area contributed by atoms with Crippen molar-refractivity contribution in [2.45, 2.75) is 96.9 Å². The van der Waals surface area contributed by atoms with E-state index in [2.05, 4.69) is 53.7 Å². The Morgan fingerprint density at radius 1 is 0.864 bits per heavy atom. The molecule has 1 heteroatoms. The molecule has 1 aromatic carbocycles. The molecule has 0 saturated heterocycles. The summed E-state index contributed by atoms with van der Waals surface area (Å²) in [6, 6.07) is 4.78. The molecule has 1 aromatic rings. The third-order valence-electron chi connectivity index (χ3n) is 5.10. The zero-order chi connectivity index (χ0) is 16.5. The molecule has 1 aliphatic carbocycles. The number of hydrogen-bond acceptors (Lipinski definition) is 1. The van der Waals surface area contributed by atoms with Crippen LogP contribution in [0, 0.1) is 0 Å². The molecule has 0 spiro atoms. The maximum absolute atomic E-state index is 6.00. The van der Waals surface area contributed by atoms with Gasteiger partial charge in [-0.25, -0.2) is 0 Å². The number of rotatable bonds is 2. The molecule has 0 heterocycles. The fraction of sp³-hybridized carbons (Fsp3) is 0.714. The molecule has 2 N–H and O–H groups in total. The number of hydrogen-bond donors (Lipinski definition) is 1. The van der Waals surface area contributed by atoms with Crippen molar-refractivity contribution in [3.8, 4) is 0 Å². The van der Waals surface area contributed by atoms with Crippen LogP contribution in [0.1, 0.15) is 102 Å². The van der Waals surface area contributed by atoms with Crippen molar-refractivity contribution < 1.29 is 0 Å². The standard InChI is InChI=1S/C21H35N/c1-20(2,3)17-12-15(14-22)13-18(21(4,5)6)19(17)16-10-8-7-9-11-16/h12-13,16H,7-11,14,22H2,1-6H3. The van der Waals surface area contributed by atoms with Crippen LogP contribution >= 0.6 is 0 Å². The van der Waals surface area contributed by atoms with Gasteiger partial charge in [-0.15, -0.1) is 0 Å². The third kappa shape index (κ3) is 3.74. The van der Waals surface area contributed by atoms with Crippen molar-refractivity contribution in [2.24, 2.45) is 5.73 Å². The Labute approximate surface area is 137 Å². The molecule has 1 nitrogen and oxygen atoms in total. The number of benzene rings is 1. The first-order chi connectivity index (χ1) is 10.1. The molecule has 0 atom stereocenters. The van der Waals surface area contributed by atoms with Crippen LogP contribution in [0.25, 0.3) is 0 Å². The van der Waals surface area contributed by atoms with E-state index in [1.54, 1.807) is 5.56 Å². The summed E-state index contributed by atoms with van der Waals surface area (Å²) in [7, 11) is 0. The van der Waals surface area contributed by atoms with Gasteiger partial charge in [-0.3, -0.25) is 0 Å². The lowest BCUT2D eigenvalue weighted by molar-refractivity contribution is 0.425. The maximum atomic E-state index is 6.00. The summed E-state index contributed by atoms with van der Waals surface area (Å²) in [4.78, 5) is 0. The second-order valence-electron chi connectivity index (χ2n) is 9.14. The summed E-state index contributed by atoms with van der Waals surface area (Å²) in [6.45, 7) is 14.7. The van der Waals surface area contributed by atoms with Crippen LogP contribution in [-0.4, -0.2) is 0 Å². The lowest BCUT2D eigenvalue weighted by atomic mass is 9.69. The summed E-state index contributed by atoms with van der Waals surface area (Å²) in [6.07, 6.45) is 6.89. The molecular weight excluding hydrogens is 266 g/mol. The van der Waals surface area contributed by atoms with Crippen molar-refractivity contribution in [3.63, 3.8) is 0 Å². The average Bonchev–Trinajstić information content (AvgIpc) is 2.45. The summed E-state index contributed by atoms with van der Waals surface area (Å²) < 4.78 is 0. The SMILES string of the molecule is CC(C)(C)c1cc(CN)cc(C(C)(C)C)c1C1CCCCC1. The highest BCUT2D eigenvalue weighted by molar-refractivity contribution is 5.48. The van der Waals surface area contributed by atoms with Crippen LogP contribution in [-0.2, 0) is 17.4 Å². The molecule has 0 amide bonds. The van der Waals surface area contributed by atoms with E-state index in [9.17, 15) is 0 Å². The molecule has 0 bridgehead atoms. The molecule has 0 unspecified atom stereocenters. The molecule has 2 rings (SSSR count). The van der Waals surface area contributed by atoms with E-state index in [4.69, 9.17) is 5.73 Å². The Kier molecular flexibility index (Phi) is 5.06. The van der Waals surface area contributed by atoms with Gasteiger partial charge in [-0.05, 0) is 51.8 Å². The first-order valence-corrected chi connectivity index (χ1v) is 9.02. The Morgan fingerprint density at radius 2 is 1.32 bits per heavy atom. The van der Waals surface area contributed by atoms with Gasteiger partial charge in [0.25, 0.3) is 0 Å². The largest absolute Gasteiger partial charge is 0.326 e. The van der Waals surface area contributed by atoms with Crippen LogP contribution in [0.5, 0.6) is 0 Å². The highest BCUT2D eigenvalue weighted by Gasteiger charge is 2.30. The maximum Gasteiger partial charge on any atom is 0.0178 e. The molecule has 0 aromatic heterocycles.